The first-order chi connectivity index (χ1) is 51.5. The average molecular weight is 1560 g/mol. The number of unbranched alkanes of at least 4 members (excludes halogenated alkanes) is 12. The number of carbonyl (C=O) groups excluding carboxylic acids is 4. The molecule has 13 N–H and O–H groups in total. The molecule has 0 aromatic rings. The molecule has 109 heavy (non-hydrogen) atoms. The monoisotopic (exact) mass is 1560 g/mol. The van der Waals surface area contributed by atoms with E-state index in [1.165, 1.54) is 58.3 Å². The SMILES string of the molecule is CCCCCCCCCCCCCCCC(=O)OC[C@H]1O[C@H]2O[C@H]3[C@@H](O)C[C@@]4(C)[C@@H](CC[C@]5(C)[C@@H]4CC=C4[C@@H]6CC(C)(C)CC[C@@]6(CC[C@]45C)C(=O)O[C@@H]4OC[C@H](O)[C@H](O)[C@H]4O[C@@H]4O[C@@H](C)[C@@H](OC(=O)C[C@@](C)(O)CC(=O)O[C@H]5CO[C@@H](O[C@@H]2[C@@H](O)[C@@H]1O)[C@H](O)[C@H]5O)[C@@H](O[C@@H]1OC[C@@H](O)[C@H](O)[C@H]1O)[C@H]4O)[C@]3(C)CO. The molecule has 0 aromatic carbocycles. The van der Waals surface area contributed by atoms with Crippen LogP contribution in [-0.4, -0.2) is 276 Å². The van der Waals surface area contributed by atoms with Gasteiger partial charge in [-0.25, -0.2) is 0 Å². The number of allylic oxidation sites excluding steroid dienone is 2. The van der Waals surface area contributed by atoms with Crippen molar-refractivity contribution in [3.8, 4) is 0 Å². The van der Waals surface area contributed by atoms with Gasteiger partial charge in [0.2, 0.25) is 6.29 Å². The van der Waals surface area contributed by atoms with Crippen LogP contribution in [0.5, 0.6) is 0 Å². The summed E-state index contributed by atoms with van der Waals surface area (Å²) in [5.74, 6) is -4.53. The lowest BCUT2D eigenvalue weighted by atomic mass is 9.33. The Morgan fingerprint density at radius 2 is 1.16 bits per heavy atom. The Morgan fingerprint density at radius 1 is 0.550 bits per heavy atom. The van der Waals surface area contributed by atoms with Crippen LogP contribution in [0.2, 0.25) is 0 Å². The van der Waals surface area contributed by atoms with Crippen LogP contribution in [0.3, 0.4) is 0 Å². The first kappa shape index (κ1) is 86.6. The Morgan fingerprint density at radius 3 is 1.83 bits per heavy atom. The van der Waals surface area contributed by atoms with E-state index >= 15 is 4.79 Å². The van der Waals surface area contributed by atoms with Gasteiger partial charge in [-0.2, -0.15) is 0 Å². The maximum atomic E-state index is 15.8. The van der Waals surface area contributed by atoms with Gasteiger partial charge in [0, 0.05) is 11.8 Å². The van der Waals surface area contributed by atoms with Gasteiger partial charge in [-0.3, -0.25) is 19.2 Å². The number of esters is 4. The van der Waals surface area contributed by atoms with Crippen molar-refractivity contribution in [2.45, 2.75) is 376 Å². The van der Waals surface area contributed by atoms with Crippen LogP contribution in [0.15, 0.2) is 11.6 Å². The van der Waals surface area contributed by atoms with Crippen molar-refractivity contribution in [3.63, 3.8) is 0 Å². The van der Waals surface area contributed by atoms with Crippen molar-refractivity contribution in [1.29, 1.82) is 0 Å². The van der Waals surface area contributed by atoms with Crippen LogP contribution in [0.25, 0.3) is 0 Å². The molecule has 1 spiro atoms. The summed E-state index contributed by atoms with van der Waals surface area (Å²) >= 11 is 0. The number of aliphatic hydroxyl groups excluding tert-OH is 12. The van der Waals surface area contributed by atoms with Crippen molar-refractivity contribution in [2.24, 2.45) is 50.2 Å². The number of ether oxygens (including phenoxy) is 13. The highest BCUT2D eigenvalue weighted by atomic mass is 16.8. The van der Waals surface area contributed by atoms with Crippen molar-refractivity contribution in [2.75, 3.05) is 33.0 Å². The third-order valence-electron chi connectivity index (χ3n) is 27.7. The number of carbonyl (C=O) groups is 4. The van der Waals surface area contributed by atoms with Crippen molar-refractivity contribution < 1.29 is 147 Å². The summed E-state index contributed by atoms with van der Waals surface area (Å²) < 4.78 is 79.4. The van der Waals surface area contributed by atoms with Gasteiger partial charge in [0.25, 0.3) is 0 Å². The zero-order valence-corrected chi connectivity index (χ0v) is 65.1. The van der Waals surface area contributed by atoms with Crippen LogP contribution in [0.1, 0.15) is 223 Å². The molecule has 17 aliphatic rings. The minimum atomic E-state index is -2.31. The summed E-state index contributed by atoms with van der Waals surface area (Å²) in [7, 11) is 0. The summed E-state index contributed by atoms with van der Waals surface area (Å²) in [6.45, 7) is 14.7. The van der Waals surface area contributed by atoms with Crippen LogP contribution < -0.4 is 0 Å². The molecule has 12 saturated heterocycles. The zero-order chi connectivity index (χ0) is 79.1. The van der Waals surface area contributed by atoms with E-state index in [2.05, 4.69) is 47.6 Å². The van der Waals surface area contributed by atoms with E-state index in [4.69, 9.17) is 61.6 Å². The van der Waals surface area contributed by atoms with E-state index in [1.807, 2.05) is 6.92 Å². The molecule has 11 bridgehead atoms. The Kier molecular flexibility index (Phi) is 28.0. The third-order valence-corrected chi connectivity index (χ3v) is 27.7. The molecular formula is C79H128O30. The summed E-state index contributed by atoms with van der Waals surface area (Å²) in [4.78, 5) is 56.9. The normalized spacial score (nSPS) is 47.7. The molecule has 30 heteroatoms. The Labute approximate surface area is 639 Å². The van der Waals surface area contributed by atoms with Crippen molar-refractivity contribution in [3.05, 3.63) is 11.6 Å². The van der Waals surface area contributed by atoms with Crippen LogP contribution in [-0.2, 0) is 80.8 Å². The lowest BCUT2D eigenvalue weighted by molar-refractivity contribution is -0.377. The van der Waals surface area contributed by atoms with Crippen LogP contribution >= 0.6 is 0 Å². The lowest BCUT2D eigenvalue weighted by Gasteiger charge is -2.72. The van der Waals surface area contributed by atoms with Gasteiger partial charge in [-0.15, -0.1) is 0 Å². The Balaban J connectivity index is 0.886. The molecule has 0 amide bonds. The number of fused-ring (bicyclic) bond motifs is 1. The van der Waals surface area contributed by atoms with E-state index in [0.29, 0.717) is 57.8 Å². The van der Waals surface area contributed by atoms with E-state index in [1.54, 1.807) is 0 Å². The summed E-state index contributed by atoms with van der Waals surface area (Å²) in [6.07, 6.45) is -22.9. The fourth-order valence-corrected chi connectivity index (χ4v) is 21.1. The second kappa shape index (κ2) is 35.3. The largest absolute Gasteiger partial charge is 0.463 e. The van der Waals surface area contributed by atoms with Gasteiger partial charge in [0.05, 0.1) is 68.6 Å². The highest BCUT2D eigenvalue weighted by molar-refractivity contribution is 5.79. The zero-order valence-electron chi connectivity index (χ0n) is 65.1. The van der Waals surface area contributed by atoms with Gasteiger partial charge in [-0.05, 0) is 117 Å². The molecule has 12 heterocycles. The first-order valence-corrected chi connectivity index (χ1v) is 40.5. The maximum Gasteiger partial charge on any atom is 0.315 e. The van der Waals surface area contributed by atoms with Gasteiger partial charge in [0.15, 0.2) is 43.5 Å². The van der Waals surface area contributed by atoms with Crippen molar-refractivity contribution in [1.82, 2.24) is 0 Å². The molecule has 624 valence electrons. The first-order valence-electron chi connectivity index (χ1n) is 40.5. The predicted octanol–water partition coefficient (Wildman–Crippen LogP) is 3.36. The fourth-order valence-electron chi connectivity index (χ4n) is 21.1. The standard InChI is InChI=1S/C79H128O30/c1-10-11-12-13-14-15-16-17-18-19-20-21-22-23-51(84)97-38-48-56(89)58(91)65-71(103-48)108-66-44(81)33-75(6)49(76(66,7)40-80)26-27-78(9)50(75)25-24-42-43-32-73(3,4)28-30-79(43,31-29-77(42,78)8)72(95)109-70-64(55(88)46(83)37-99-70)107-69-61(94)63(105-67-59(92)54(87)45(82)36-98-67)62(41(2)101-69)104-53(86)35-74(5,96)34-52(85)102-47-39-100-68(106-65)60(93)57(47)90/h24,41,43-50,54-71,80-83,87-94,96H,10-23,25-40H2,1-9H3/t41-,43-,44-,45+,46-,47-,48+,49+,50+,54-,55-,56+,57-,58-,59+,60+,61+,62+,63-,64+,65+,66-,67-,68-,69-,70-,71-,74-,75-,76-,77+,78+,79-/m0/s1. The molecular weight excluding hydrogens is 1430 g/mol. The molecule has 0 unspecified atom stereocenters. The highest BCUT2D eigenvalue weighted by Gasteiger charge is 2.72. The van der Waals surface area contributed by atoms with Crippen LogP contribution in [0.4, 0.5) is 0 Å². The molecule has 30 nitrogen and oxygen atoms in total. The minimum absolute atomic E-state index is 0.0879. The van der Waals surface area contributed by atoms with Gasteiger partial charge >= 0.3 is 23.9 Å². The molecule has 16 fully saturated rings. The van der Waals surface area contributed by atoms with E-state index in [9.17, 15) is 80.8 Å². The van der Waals surface area contributed by atoms with E-state index < -0.39 is 250 Å². The molecule has 17 rings (SSSR count). The van der Waals surface area contributed by atoms with E-state index in [-0.39, 0.29) is 36.0 Å². The minimum Gasteiger partial charge on any atom is -0.463 e. The van der Waals surface area contributed by atoms with Crippen LogP contribution in [0, 0.1) is 50.2 Å². The summed E-state index contributed by atoms with van der Waals surface area (Å²) in [6, 6.07) is 0. The van der Waals surface area contributed by atoms with E-state index in [0.717, 1.165) is 38.2 Å². The lowest BCUT2D eigenvalue weighted by Crippen LogP contribution is -2.70. The quantitative estimate of drug-likeness (QED) is 0.0290. The molecule has 0 radical (unpaired) electrons. The summed E-state index contributed by atoms with van der Waals surface area (Å²) in [5.41, 5.74) is -5.66. The molecule has 4 saturated carbocycles. The fraction of sp³-hybridized carbons (Fsp3) is 0.924. The predicted molar refractivity (Wildman–Crippen MR) is 381 cm³/mol. The Bertz CT molecular complexity index is 3080. The highest BCUT2D eigenvalue weighted by Crippen LogP contribution is 2.76. The molecule has 12 aliphatic heterocycles. The molecule has 5 aliphatic carbocycles. The second-order valence-corrected chi connectivity index (χ2v) is 36.0. The number of aliphatic hydroxyl groups is 13. The number of rotatable bonds is 19. The van der Waals surface area contributed by atoms with Crippen molar-refractivity contribution >= 4 is 23.9 Å². The number of hydrogen-bond donors (Lipinski definition) is 13. The molecule has 0 aromatic heterocycles. The maximum absolute atomic E-state index is 15.8. The third kappa shape index (κ3) is 17.9. The average Bonchev–Trinajstić information content (AvgIpc) is 0.672. The van der Waals surface area contributed by atoms with Gasteiger partial charge in [0.1, 0.15) is 86.0 Å². The van der Waals surface area contributed by atoms with Gasteiger partial charge in [-0.1, -0.05) is 137 Å². The summed E-state index contributed by atoms with van der Waals surface area (Å²) in [5, 5.41) is 152. The second-order valence-electron chi connectivity index (χ2n) is 36.0. The molecule has 33 atom stereocenters. The topological polar surface area (TPSA) is 451 Å². The smallest absolute Gasteiger partial charge is 0.315 e. The Hall–Kier alpha value is -3.26. The van der Waals surface area contributed by atoms with Gasteiger partial charge < -0.3 is 128 Å². The number of hydrogen-bond acceptors (Lipinski definition) is 30.